The minimum atomic E-state index is -5.12. The molecule has 0 aromatic heterocycles. The number of esters is 2. The zero-order chi connectivity index (χ0) is 44.3. The van der Waals surface area contributed by atoms with Gasteiger partial charge >= 0.3 is 19.8 Å². The van der Waals surface area contributed by atoms with Crippen molar-refractivity contribution in [3.63, 3.8) is 0 Å². The second-order valence-corrected chi connectivity index (χ2v) is 17.7. The summed E-state index contributed by atoms with van der Waals surface area (Å²) in [5, 5.41) is 50.1. The number of ether oxygens (including phenoxy) is 2. The van der Waals surface area contributed by atoms with Crippen molar-refractivity contribution in [2.45, 2.75) is 230 Å². The molecular weight excluding hydrogens is 791 g/mol. The lowest BCUT2D eigenvalue weighted by Gasteiger charge is -2.41. The van der Waals surface area contributed by atoms with Crippen LogP contribution in [-0.4, -0.2) is 98.3 Å². The van der Waals surface area contributed by atoms with E-state index in [0.29, 0.717) is 12.8 Å². The van der Waals surface area contributed by atoms with E-state index in [-0.39, 0.29) is 12.8 Å². The highest BCUT2D eigenvalue weighted by Gasteiger charge is 2.51. The Morgan fingerprint density at radius 1 is 0.517 bits per heavy atom. The lowest BCUT2D eigenvalue weighted by Crippen LogP contribution is -2.64. The van der Waals surface area contributed by atoms with Gasteiger partial charge in [0.25, 0.3) is 0 Å². The molecule has 0 aliphatic heterocycles. The van der Waals surface area contributed by atoms with Crippen LogP contribution in [0.5, 0.6) is 0 Å². The fourth-order valence-corrected chi connectivity index (χ4v) is 7.91. The van der Waals surface area contributed by atoms with Crippen molar-refractivity contribution >= 4 is 19.8 Å². The monoisotopic (exact) mass is 875 g/mol. The normalized spacial score (nSPS) is 22.5. The van der Waals surface area contributed by atoms with Gasteiger partial charge in [-0.15, -0.1) is 0 Å². The van der Waals surface area contributed by atoms with Crippen LogP contribution in [0.25, 0.3) is 0 Å². The van der Waals surface area contributed by atoms with Crippen molar-refractivity contribution in [3.8, 4) is 0 Å². The average molecular weight is 875 g/mol. The van der Waals surface area contributed by atoms with Gasteiger partial charge in [-0.25, -0.2) is 4.57 Å². The third kappa shape index (κ3) is 28.6. The number of hydrogen-bond acceptors (Lipinski definition) is 12. The summed E-state index contributed by atoms with van der Waals surface area (Å²) in [5.74, 6) is -1.12. The molecule has 1 saturated carbocycles. The van der Waals surface area contributed by atoms with E-state index in [9.17, 15) is 44.6 Å². The van der Waals surface area contributed by atoms with Crippen LogP contribution in [0.1, 0.15) is 187 Å². The van der Waals surface area contributed by atoms with Crippen LogP contribution in [-0.2, 0) is 32.7 Å². The van der Waals surface area contributed by atoms with E-state index in [1.165, 1.54) is 83.5 Å². The predicted molar refractivity (Wildman–Crippen MR) is 235 cm³/mol. The number of unbranched alkanes of at least 4 members (excludes halogenated alkanes) is 20. The summed E-state index contributed by atoms with van der Waals surface area (Å²) >= 11 is 0. The van der Waals surface area contributed by atoms with E-state index in [4.69, 9.17) is 18.5 Å². The summed E-state index contributed by atoms with van der Waals surface area (Å²) in [5.41, 5.74) is 0. The molecule has 6 unspecified atom stereocenters. The molecule has 60 heavy (non-hydrogen) atoms. The van der Waals surface area contributed by atoms with E-state index in [2.05, 4.69) is 50.3 Å². The minimum absolute atomic E-state index is 0.0724. The number of allylic oxidation sites excluding steroid dienone is 6. The van der Waals surface area contributed by atoms with Crippen molar-refractivity contribution in [2.75, 3.05) is 13.2 Å². The Kier molecular flexibility index (Phi) is 34.2. The molecule has 8 atom stereocenters. The highest BCUT2D eigenvalue weighted by molar-refractivity contribution is 7.47. The molecule has 13 nitrogen and oxygen atoms in total. The minimum Gasteiger partial charge on any atom is -0.462 e. The molecule has 1 aliphatic rings. The van der Waals surface area contributed by atoms with Gasteiger partial charge in [-0.05, 0) is 51.4 Å². The van der Waals surface area contributed by atoms with Gasteiger partial charge in [0, 0.05) is 12.8 Å². The van der Waals surface area contributed by atoms with Crippen LogP contribution < -0.4 is 0 Å². The zero-order valence-electron chi connectivity index (χ0n) is 37.0. The van der Waals surface area contributed by atoms with Crippen molar-refractivity contribution in [3.05, 3.63) is 36.5 Å². The van der Waals surface area contributed by atoms with E-state index in [1.807, 2.05) is 0 Å². The number of aliphatic hydroxyl groups is 5. The number of carbonyl (C=O) groups is 2. The Balaban J connectivity index is 2.48. The van der Waals surface area contributed by atoms with Crippen LogP contribution in [0.4, 0.5) is 0 Å². The average Bonchev–Trinajstić information content (AvgIpc) is 3.23. The summed E-state index contributed by atoms with van der Waals surface area (Å²) in [6.07, 6.45) is 27.6. The van der Waals surface area contributed by atoms with E-state index in [1.54, 1.807) is 0 Å². The second kappa shape index (κ2) is 36.5. The Morgan fingerprint density at radius 2 is 0.900 bits per heavy atom. The first-order chi connectivity index (χ1) is 28.9. The highest BCUT2D eigenvalue weighted by atomic mass is 31.2. The van der Waals surface area contributed by atoms with E-state index in [0.717, 1.165) is 64.2 Å². The lowest BCUT2D eigenvalue weighted by molar-refractivity contribution is -0.220. The van der Waals surface area contributed by atoms with Gasteiger partial charge in [0.15, 0.2) is 6.10 Å². The summed E-state index contributed by atoms with van der Waals surface area (Å²) in [6, 6.07) is 0. The third-order valence-corrected chi connectivity index (χ3v) is 11.7. The third-order valence-electron chi connectivity index (χ3n) is 10.7. The Bertz CT molecular complexity index is 1190. The molecule has 6 N–H and O–H groups in total. The topological polar surface area (TPSA) is 210 Å². The molecule has 14 heteroatoms. The number of phosphoric acid groups is 1. The van der Waals surface area contributed by atoms with E-state index < -0.39 is 75.7 Å². The molecule has 0 spiro atoms. The molecule has 1 rings (SSSR count). The molecule has 1 aliphatic carbocycles. The second-order valence-electron chi connectivity index (χ2n) is 16.3. The van der Waals surface area contributed by atoms with Crippen LogP contribution in [0.15, 0.2) is 36.5 Å². The number of aliphatic hydroxyl groups excluding tert-OH is 5. The van der Waals surface area contributed by atoms with Gasteiger partial charge in [-0.1, -0.05) is 159 Å². The number of rotatable bonds is 38. The Hall–Kier alpha value is -1.93. The lowest BCUT2D eigenvalue weighted by atomic mass is 9.85. The SMILES string of the molecule is CCCCC/C=C/C/C=C/C/C=C/CCCCCCC(=O)O[C@H](COC(=O)CCCCCCCCCCCCCCCC)COP(=O)(O)OC1C(O)C(O)C(O)[C@@H](O)C1O. The summed E-state index contributed by atoms with van der Waals surface area (Å²) in [6.45, 7) is 3.26. The summed E-state index contributed by atoms with van der Waals surface area (Å²) in [4.78, 5) is 35.7. The Morgan fingerprint density at radius 3 is 1.40 bits per heavy atom. The van der Waals surface area contributed by atoms with Gasteiger partial charge in [0.05, 0.1) is 6.61 Å². The maximum atomic E-state index is 12.8. The van der Waals surface area contributed by atoms with Crippen LogP contribution >= 0.6 is 7.82 Å². The molecule has 0 radical (unpaired) electrons. The summed E-state index contributed by atoms with van der Waals surface area (Å²) < 4.78 is 33.5. The molecule has 0 aromatic rings. The van der Waals surface area contributed by atoms with Gasteiger partial charge in [0.2, 0.25) is 0 Å². The molecule has 0 saturated heterocycles. The van der Waals surface area contributed by atoms with Gasteiger partial charge in [-0.3, -0.25) is 18.6 Å². The maximum absolute atomic E-state index is 12.8. The van der Waals surface area contributed by atoms with Crippen LogP contribution in [0.3, 0.4) is 0 Å². The zero-order valence-corrected chi connectivity index (χ0v) is 37.9. The first-order valence-electron chi connectivity index (χ1n) is 23.3. The quantitative estimate of drug-likeness (QED) is 0.0148. The van der Waals surface area contributed by atoms with Crippen molar-refractivity contribution in [2.24, 2.45) is 0 Å². The standard InChI is InChI=1S/C46H83O13P/c1-3-5-7-9-11-13-15-17-19-20-21-23-25-27-29-31-33-35-40(48)58-38(37-57-60(54,55)59-46-44(52)42(50)41(49)43(51)45(46)53)36-56-39(47)34-32-30-28-26-24-22-18-16-14-12-10-8-6-4-2/h11,13,17,19,21,23,38,41-46,49-53H,3-10,12,14-16,18,20,22,24-37H2,1-2H3,(H,54,55)/b13-11+,19-17+,23-21+/t38-,41?,42-,43?,44?,45?,46?/m1/s1. The molecule has 0 bridgehead atoms. The fraction of sp³-hybridized carbons (Fsp3) is 0.826. The molecule has 350 valence electrons. The largest absolute Gasteiger partial charge is 0.472 e. The number of hydrogen-bond donors (Lipinski definition) is 6. The van der Waals surface area contributed by atoms with Gasteiger partial charge in [0.1, 0.15) is 43.2 Å². The van der Waals surface area contributed by atoms with E-state index >= 15 is 0 Å². The molecule has 0 amide bonds. The fourth-order valence-electron chi connectivity index (χ4n) is 6.94. The number of phosphoric ester groups is 1. The Labute approximate surface area is 361 Å². The highest BCUT2D eigenvalue weighted by Crippen LogP contribution is 2.47. The van der Waals surface area contributed by atoms with Gasteiger partial charge < -0.3 is 39.9 Å². The van der Waals surface area contributed by atoms with Crippen LogP contribution in [0.2, 0.25) is 0 Å². The van der Waals surface area contributed by atoms with Crippen LogP contribution in [0, 0.1) is 0 Å². The number of carbonyl (C=O) groups excluding carboxylic acids is 2. The van der Waals surface area contributed by atoms with Crippen molar-refractivity contribution in [1.29, 1.82) is 0 Å². The molecule has 1 fully saturated rings. The van der Waals surface area contributed by atoms with Crippen molar-refractivity contribution < 1.29 is 63.1 Å². The molecular formula is C46H83O13P. The smallest absolute Gasteiger partial charge is 0.462 e. The first-order valence-corrected chi connectivity index (χ1v) is 24.8. The van der Waals surface area contributed by atoms with Gasteiger partial charge in [-0.2, -0.15) is 0 Å². The predicted octanol–water partition coefficient (Wildman–Crippen LogP) is 9.00. The maximum Gasteiger partial charge on any atom is 0.472 e. The molecule has 0 aromatic carbocycles. The van der Waals surface area contributed by atoms with Crippen molar-refractivity contribution in [1.82, 2.24) is 0 Å². The first kappa shape index (κ1) is 56.1. The summed E-state index contributed by atoms with van der Waals surface area (Å²) in [7, 11) is -5.12. The molecule has 0 heterocycles.